The van der Waals surface area contributed by atoms with Crippen molar-refractivity contribution in [1.82, 2.24) is 14.9 Å². The van der Waals surface area contributed by atoms with E-state index in [0.29, 0.717) is 36.8 Å². The number of aromatic amines is 1. The number of aliphatic hydroxyl groups is 1. The van der Waals surface area contributed by atoms with Crippen LogP contribution in [0.4, 0.5) is 0 Å². The maximum atomic E-state index is 12.3. The highest BCUT2D eigenvalue weighted by atomic mass is 35.5. The number of rotatable bonds is 7. The third-order valence-corrected chi connectivity index (χ3v) is 3.55. The Labute approximate surface area is 128 Å². The molecule has 1 amide bonds. The van der Waals surface area contributed by atoms with Crippen LogP contribution in [0.3, 0.4) is 0 Å². The van der Waals surface area contributed by atoms with Gasteiger partial charge < -0.3 is 15.0 Å². The summed E-state index contributed by atoms with van der Waals surface area (Å²) in [5.74, 6) is 0.676. The second-order valence-corrected chi connectivity index (χ2v) is 5.07. The van der Waals surface area contributed by atoms with Crippen molar-refractivity contribution in [2.45, 2.75) is 19.4 Å². The zero-order chi connectivity index (χ0) is 15.1. The van der Waals surface area contributed by atoms with Crippen molar-refractivity contribution in [3.8, 4) is 0 Å². The predicted octanol–water partition coefficient (Wildman–Crippen LogP) is 2.02. The van der Waals surface area contributed by atoms with E-state index >= 15 is 0 Å². The molecule has 0 aliphatic rings. The van der Waals surface area contributed by atoms with Crippen molar-refractivity contribution in [3.05, 3.63) is 53.1 Å². The normalized spacial score (nSPS) is 10.6. The van der Waals surface area contributed by atoms with Crippen molar-refractivity contribution in [2.75, 3.05) is 13.2 Å². The maximum absolute atomic E-state index is 12.3. The Balaban J connectivity index is 1.94. The van der Waals surface area contributed by atoms with Crippen LogP contribution in [0.25, 0.3) is 0 Å². The predicted molar refractivity (Wildman–Crippen MR) is 80.9 cm³/mol. The Bertz CT molecular complexity index is 572. The van der Waals surface area contributed by atoms with E-state index in [0.717, 1.165) is 5.56 Å². The molecule has 0 spiro atoms. The van der Waals surface area contributed by atoms with Crippen LogP contribution in [0, 0.1) is 0 Å². The Kier molecular flexibility index (Phi) is 5.78. The van der Waals surface area contributed by atoms with Crippen LogP contribution in [0.5, 0.6) is 0 Å². The van der Waals surface area contributed by atoms with Crippen LogP contribution in [0.1, 0.15) is 17.8 Å². The molecule has 2 aromatic rings. The number of imidazole rings is 1. The summed E-state index contributed by atoms with van der Waals surface area (Å²) in [4.78, 5) is 20.9. The van der Waals surface area contributed by atoms with Gasteiger partial charge in [-0.15, -0.1) is 0 Å². The molecule has 1 aromatic carbocycles. The molecule has 0 fully saturated rings. The summed E-state index contributed by atoms with van der Waals surface area (Å²) >= 11 is 6.08. The van der Waals surface area contributed by atoms with Gasteiger partial charge in [0.1, 0.15) is 5.82 Å². The van der Waals surface area contributed by atoms with Gasteiger partial charge in [0.2, 0.25) is 5.91 Å². The minimum Gasteiger partial charge on any atom is -0.395 e. The second-order valence-electron chi connectivity index (χ2n) is 4.67. The first-order valence-electron chi connectivity index (χ1n) is 6.81. The number of aryl methyl sites for hydroxylation is 1. The molecule has 0 aliphatic carbocycles. The summed E-state index contributed by atoms with van der Waals surface area (Å²) in [6.45, 7) is 0.593. The fourth-order valence-corrected chi connectivity index (χ4v) is 2.31. The van der Waals surface area contributed by atoms with Crippen molar-refractivity contribution < 1.29 is 9.90 Å². The van der Waals surface area contributed by atoms with Crippen LogP contribution >= 0.6 is 11.6 Å². The number of H-pyrrole nitrogens is 1. The first-order valence-corrected chi connectivity index (χ1v) is 7.19. The average molecular weight is 308 g/mol. The Morgan fingerprint density at radius 3 is 2.86 bits per heavy atom. The van der Waals surface area contributed by atoms with Crippen LogP contribution in [-0.2, 0) is 17.8 Å². The number of amides is 1. The number of benzene rings is 1. The van der Waals surface area contributed by atoms with E-state index in [-0.39, 0.29) is 12.5 Å². The Hall–Kier alpha value is -1.85. The Morgan fingerprint density at radius 2 is 2.19 bits per heavy atom. The summed E-state index contributed by atoms with van der Waals surface area (Å²) < 4.78 is 0. The average Bonchev–Trinajstić information content (AvgIpc) is 2.99. The molecule has 6 heteroatoms. The number of halogens is 1. The highest BCUT2D eigenvalue weighted by molar-refractivity contribution is 6.31. The number of carbonyl (C=O) groups is 1. The number of hydrogen-bond donors (Lipinski definition) is 2. The summed E-state index contributed by atoms with van der Waals surface area (Å²) in [6.07, 6.45) is 4.28. The third-order valence-electron chi connectivity index (χ3n) is 3.18. The van der Waals surface area contributed by atoms with Gasteiger partial charge in [-0.05, 0) is 18.1 Å². The van der Waals surface area contributed by atoms with Crippen LogP contribution < -0.4 is 0 Å². The molecule has 21 heavy (non-hydrogen) atoms. The smallest absolute Gasteiger partial charge is 0.223 e. The molecule has 5 nitrogen and oxygen atoms in total. The van der Waals surface area contributed by atoms with Gasteiger partial charge in [0.15, 0.2) is 0 Å². The first kappa shape index (κ1) is 15.5. The number of aliphatic hydroxyl groups excluding tert-OH is 1. The third kappa shape index (κ3) is 4.58. The van der Waals surface area contributed by atoms with Gasteiger partial charge in [-0.2, -0.15) is 0 Å². The number of hydrogen-bond acceptors (Lipinski definition) is 3. The number of aromatic nitrogens is 2. The van der Waals surface area contributed by atoms with Gasteiger partial charge >= 0.3 is 0 Å². The van der Waals surface area contributed by atoms with Gasteiger partial charge in [0, 0.05) is 30.4 Å². The quantitative estimate of drug-likeness (QED) is 0.822. The molecule has 0 saturated heterocycles. The number of nitrogens with one attached hydrogen (secondary N) is 1. The fraction of sp³-hybridized carbons (Fsp3) is 0.333. The van der Waals surface area contributed by atoms with Gasteiger partial charge in [0.05, 0.1) is 13.2 Å². The van der Waals surface area contributed by atoms with Gasteiger partial charge in [-0.1, -0.05) is 29.8 Å². The van der Waals surface area contributed by atoms with E-state index in [1.807, 2.05) is 24.3 Å². The van der Waals surface area contributed by atoms with Crippen molar-refractivity contribution in [1.29, 1.82) is 0 Å². The summed E-state index contributed by atoms with van der Waals surface area (Å²) in [5, 5.41) is 9.77. The molecule has 2 N–H and O–H groups in total. The topological polar surface area (TPSA) is 69.2 Å². The lowest BCUT2D eigenvalue weighted by atomic mass is 10.1. The molecule has 1 aromatic heterocycles. The summed E-state index contributed by atoms with van der Waals surface area (Å²) in [6, 6.07) is 7.50. The monoisotopic (exact) mass is 307 g/mol. The van der Waals surface area contributed by atoms with Crippen LogP contribution in [0.15, 0.2) is 36.7 Å². The highest BCUT2D eigenvalue weighted by Gasteiger charge is 2.15. The highest BCUT2D eigenvalue weighted by Crippen LogP contribution is 2.17. The van der Waals surface area contributed by atoms with E-state index in [4.69, 9.17) is 16.7 Å². The standard InChI is InChI=1S/C15H18ClN3O2/c16-13-4-2-1-3-12(13)5-6-15(21)19(9-10-20)11-14-17-7-8-18-14/h1-4,7-8,20H,5-6,9-11H2,(H,17,18). The summed E-state index contributed by atoms with van der Waals surface area (Å²) in [5.41, 5.74) is 0.953. The molecule has 0 radical (unpaired) electrons. The van der Waals surface area contributed by atoms with Crippen LogP contribution in [0.2, 0.25) is 5.02 Å². The SMILES string of the molecule is O=C(CCc1ccccc1Cl)N(CCO)Cc1ncc[nH]1. The lowest BCUT2D eigenvalue weighted by Crippen LogP contribution is -2.33. The second kappa shape index (κ2) is 7.81. The number of nitrogens with zero attached hydrogens (tertiary/aromatic N) is 2. The molecule has 0 atom stereocenters. The molecule has 0 saturated carbocycles. The lowest BCUT2D eigenvalue weighted by Gasteiger charge is -2.20. The molecule has 2 rings (SSSR count). The molecular formula is C15H18ClN3O2. The zero-order valence-corrected chi connectivity index (χ0v) is 12.4. The minimum atomic E-state index is -0.0709. The van der Waals surface area contributed by atoms with Gasteiger partial charge in [0.25, 0.3) is 0 Å². The summed E-state index contributed by atoms with van der Waals surface area (Å²) in [7, 11) is 0. The fourth-order valence-electron chi connectivity index (χ4n) is 2.08. The number of carbonyl (C=O) groups excluding carboxylic acids is 1. The minimum absolute atomic E-state index is 0.0274. The van der Waals surface area contributed by atoms with Gasteiger partial charge in [-0.3, -0.25) is 4.79 Å². The zero-order valence-electron chi connectivity index (χ0n) is 11.6. The van der Waals surface area contributed by atoms with E-state index in [9.17, 15) is 4.79 Å². The molecule has 0 bridgehead atoms. The van der Waals surface area contributed by atoms with E-state index in [2.05, 4.69) is 9.97 Å². The van der Waals surface area contributed by atoms with Crippen molar-refractivity contribution in [3.63, 3.8) is 0 Å². The van der Waals surface area contributed by atoms with Crippen molar-refractivity contribution >= 4 is 17.5 Å². The van der Waals surface area contributed by atoms with Crippen molar-refractivity contribution in [2.24, 2.45) is 0 Å². The van der Waals surface area contributed by atoms with E-state index in [1.54, 1.807) is 17.3 Å². The molecule has 1 heterocycles. The molecule has 0 aliphatic heterocycles. The van der Waals surface area contributed by atoms with Crippen LogP contribution in [-0.4, -0.2) is 39.0 Å². The van der Waals surface area contributed by atoms with E-state index in [1.165, 1.54) is 0 Å². The molecule has 0 unspecified atom stereocenters. The largest absolute Gasteiger partial charge is 0.395 e. The van der Waals surface area contributed by atoms with Gasteiger partial charge in [-0.25, -0.2) is 4.98 Å². The lowest BCUT2D eigenvalue weighted by molar-refractivity contribution is -0.132. The maximum Gasteiger partial charge on any atom is 0.223 e. The van der Waals surface area contributed by atoms with E-state index < -0.39 is 0 Å². The molecular weight excluding hydrogens is 290 g/mol. The molecule has 112 valence electrons. The Morgan fingerprint density at radius 1 is 1.38 bits per heavy atom. The first-order chi connectivity index (χ1) is 10.2.